The van der Waals surface area contributed by atoms with Gasteiger partial charge in [0, 0.05) is 0 Å². The van der Waals surface area contributed by atoms with Crippen molar-refractivity contribution in [1.82, 2.24) is 0 Å². The maximum atomic E-state index is 11.7. The molecule has 4 heteroatoms. The van der Waals surface area contributed by atoms with Crippen LogP contribution in [0.2, 0.25) is 0 Å². The molecule has 0 heterocycles. The van der Waals surface area contributed by atoms with Gasteiger partial charge in [0.1, 0.15) is 0 Å². The van der Waals surface area contributed by atoms with Gasteiger partial charge in [0.15, 0.2) is 0 Å². The van der Waals surface area contributed by atoms with Crippen molar-refractivity contribution in [3.05, 3.63) is 64.7 Å². The van der Waals surface area contributed by atoms with E-state index >= 15 is 0 Å². The monoisotopic (exact) mass is 274 g/mol. The normalized spacial score (nSPS) is 13.7. The van der Waals surface area contributed by atoms with Crippen molar-refractivity contribution in [3.63, 3.8) is 0 Å². The lowest BCUT2D eigenvalue weighted by molar-refractivity contribution is 0.397. The van der Waals surface area contributed by atoms with Crippen LogP contribution in [0.1, 0.15) is 22.3 Å². The summed E-state index contributed by atoms with van der Waals surface area (Å²) in [6, 6.07) is 13.5. The number of hydrogen-bond acceptors (Lipinski definition) is 3. The third kappa shape index (κ3) is 2.17. The Labute approximate surface area is 113 Å². The Morgan fingerprint density at radius 2 is 1.47 bits per heavy atom. The van der Waals surface area contributed by atoms with Gasteiger partial charge >= 0.3 is 0 Å². The van der Waals surface area contributed by atoms with Crippen LogP contribution in [0.25, 0.3) is 0 Å². The zero-order valence-corrected chi connectivity index (χ0v) is 11.4. The van der Waals surface area contributed by atoms with Gasteiger partial charge < -0.3 is 0 Å². The highest BCUT2D eigenvalue weighted by molar-refractivity contribution is 7.86. The topological polar surface area (TPSA) is 43.4 Å². The van der Waals surface area contributed by atoms with Gasteiger partial charge in [0.2, 0.25) is 0 Å². The molecule has 0 N–H and O–H groups in total. The Morgan fingerprint density at radius 1 is 0.895 bits per heavy atom. The number of benzene rings is 2. The van der Waals surface area contributed by atoms with Crippen molar-refractivity contribution in [3.8, 4) is 0 Å². The molecule has 0 radical (unpaired) electrons. The van der Waals surface area contributed by atoms with E-state index in [0.717, 1.165) is 18.4 Å². The summed E-state index contributed by atoms with van der Waals surface area (Å²) in [5.74, 6) is 0. The summed E-state index contributed by atoms with van der Waals surface area (Å²) in [6.45, 7) is 0. The van der Waals surface area contributed by atoms with Crippen molar-refractivity contribution < 1.29 is 12.6 Å². The highest BCUT2D eigenvalue weighted by Gasteiger charge is 2.19. The second kappa shape index (κ2) is 4.47. The molecule has 0 bridgehead atoms. The molecular weight excluding hydrogens is 260 g/mol. The summed E-state index contributed by atoms with van der Waals surface area (Å²) in [7, 11) is -2.42. The Morgan fingerprint density at radius 3 is 2.11 bits per heavy atom. The Bertz CT molecular complexity index is 733. The molecule has 0 atom stereocenters. The predicted octanol–water partition coefficient (Wildman–Crippen LogP) is 2.52. The van der Waals surface area contributed by atoms with Crippen LogP contribution in [0.3, 0.4) is 0 Å². The van der Waals surface area contributed by atoms with Crippen molar-refractivity contribution >= 4 is 10.1 Å². The Balaban J connectivity index is 2.06. The summed E-state index contributed by atoms with van der Waals surface area (Å²) in [5, 5.41) is 0. The summed E-state index contributed by atoms with van der Waals surface area (Å²) in [6.07, 6.45) is 1.64. The van der Waals surface area contributed by atoms with E-state index in [4.69, 9.17) is 0 Å². The van der Waals surface area contributed by atoms with E-state index in [1.807, 2.05) is 18.2 Å². The minimum atomic E-state index is -3.61. The maximum absolute atomic E-state index is 11.7. The molecule has 0 unspecified atom stereocenters. The molecule has 1 aliphatic carbocycles. The van der Waals surface area contributed by atoms with Crippen LogP contribution in [-0.2, 0) is 27.1 Å². The van der Waals surface area contributed by atoms with Crippen LogP contribution in [0.4, 0.5) is 0 Å². The fourth-order valence-corrected chi connectivity index (χ4v) is 3.22. The standard InChI is InChI=1S/C15H14O3S/c1-18-19(16,17)15-7-6-13-8-11-4-2-3-5-12(11)9-14(13)10-15/h2-7,10H,8-9H2,1H3. The average molecular weight is 274 g/mol. The zero-order chi connectivity index (χ0) is 13.5. The Kier molecular flexibility index (Phi) is 2.92. The molecule has 0 amide bonds. The fourth-order valence-electron chi connectivity index (χ4n) is 2.50. The van der Waals surface area contributed by atoms with Crippen molar-refractivity contribution in [2.24, 2.45) is 0 Å². The lowest BCUT2D eigenvalue weighted by atomic mass is 9.86. The van der Waals surface area contributed by atoms with E-state index in [2.05, 4.69) is 16.3 Å². The first kappa shape index (κ1) is 12.4. The highest BCUT2D eigenvalue weighted by atomic mass is 32.2. The average Bonchev–Trinajstić information content (AvgIpc) is 2.44. The Hall–Kier alpha value is -1.65. The number of rotatable bonds is 2. The molecule has 98 valence electrons. The quantitative estimate of drug-likeness (QED) is 0.674. The number of fused-ring (bicyclic) bond motifs is 2. The fraction of sp³-hybridized carbons (Fsp3) is 0.200. The molecule has 3 rings (SSSR count). The molecule has 0 aliphatic heterocycles. The molecule has 2 aromatic rings. The van der Waals surface area contributed by atoms with Gasteiger partial charge in [0.25, 0.3) is 10.1 Å². The van der Waals surface area contributed by atoms with Crippen LogP contribution in [0, 0.1) is 0 Å². The second-order valence-corrected chi connectivity index (χ2v) is 6.39. The molecule has 0 saturated heterocycles. The molecule has 0 fully saturated rings. The molecule has 0 saturated carbocycles. The lowest BCUT2D eigenvalue weighted by Crippen LogP contribution is -2.10. The maximum Gasteiger partial charge on any atom is 0.296 e. The zero-order valence-electron chi connectivity index (χ0n) is 10.6. The van der Waals surface area contributed by atoms with Gasteiger partial charge in [-0.15, -0.1) is 0 Å². The third-order valence-corrected chi connectivity index (χ3v) is 4.84. The van der Waals surface area contributed by atoms with E-state index in [-0.39, 0.29) is 4.90 Å². The lowest BCUT2D eigenvalue weighted by Gasteiger charge is -2.20. The SMILES string of the molecule is COS(=O)(=O)c1ccc2c(c1)Cc1ccccc1C2. The summed E-state index contributed by atoms with van der Waals surface area (Å²) < 4.78 is 28.0. The van der Waals surface area contributed by atoms with Crippen LogP contribution in [-0.4, -0.2) is 15.5 Å². The van der Waals surface area contributed by atoms with Gasteiger partial charge in [-0.05, 0) is 47.2 Å². The van der Waals surface area contributed by atoms with E-state index in [1.54, 1.807) is 12.1 Å². The van der Waals surface area contributed by atoms with Crippen LogP contribution in [0.15, 0.2) is 47.4 Å². The molecular formula is C15H14O3S. The molecule has 0 aromatic heterocycles. The summed E-state index contributed by atoms with van der Waals surface area (Å²) in [4.78, 5) is 0.230. The van der Waals surface area contributed by atoms with Crippen molar-refractivity contribution in [2.45, 2.75) is 17.7 Å². The predicted molar refractivity (Wildman–Crippen MR) is 72.7 cm³/mol. The summed E-state index contributed by atoms with van der Waals surface area (Å²) >= 11 is 0. The van der Waals surface area contributed by atoms with Gasteiger partial charge in [-0.3, -0.25) is 4.18 Å². The van der Waals surface area contributed by atoms with Crippen molar-refractivity contribution in [1.29, 1.82) is 0 Å². The van der Waals surface area contributed by atoms with Gasteiger partial charge in [-0.25, -0.2) is 0 Å². The van der Waals surface area contributed by atoms with E-state index in [1.165, 1.54) is 23.8 Å². The van der Waals surface area contributed by atoms with Gasteiger partial charge in [-0.2, -0.15) is 8.42 Å². The molecule has 1 aliphatic rings. The summed E-state index contributed by atoms with van der Waals surface area (Å²) in [5.41, 5.74) is 4.84. The smallest absolute Gasteiger partial charge is 0.270 e. The van der Waals surface area contributed by atoms with E-state index < -0.39 is 10.1 Å². The van der Waals surface area contributed by atoms with Crippen LogP contribution in [0.5, 0.6) is 0 Å². The molecule has 19 heavy (non-hydrogen) atoms. The molecule has 3 nitrogen and oxygen atoms in total. The van der Waals surface area contributed by atoms with Crippen LogP contribution < -0.4 is 0 Å². The third-order valence-electron chi connectivity index (χ3n) is 3.57. The minimum absolute atomic E-state index is 0.230. The van der Waals surface area contributed by atoms with E-state index in [9.17, 15) is 8.42 Å². The molecule has 2 aromatic carbocycles. The van der Waals surface area contributed by atoms with Crippen LogP contribution >= 0.6 is 0 Å². The largest absolute Gasteiger partial charge is 0.296 e. The first-order valence-electron chi connectivity index (χ1n) is 6.09. The highest BCUT2D eigenvalue weighted by Crippen LogP contribution is 2.28. The second-order valence-electron chi connectivity index (χ2n) is 4.67. The van der Waals surface area contributed by atoms with E-state index in [0.29, 0.717) is 0 Å². The van der Waals surface area contributed by atoms with Crippen molar-refractivity contribution in [2.75, 3.05) is 7.11 Å². The first-order chi connectivity index (χ1) is 9.10. The van der Waals surface area contributed by atoms with Gasteiger partial charge in [0.05, 0.1) is 12.0 Å². The number of hydrogen-bond donors (Lipinski definition) is 0. The van der Waals surface area contributed by atoms with Gasteiger partial charge in [-0.1, -0.05) is 30.3 Å². The molecule has 0 spiro atoms. The minimum Gasteiger partial charge on any atom is -0.270 e. The first-order valence-corrected chi connectivity index (χ1v) is 7.50.